The first-order valence-electron chi connectivity index (χ1n) is 9.33. The van der Waals surface area contributed by atoms with Crippen molar-refractivity contribution in [2.45, 2.75) is 45.6 Å². The van der Waals surface area contributed by atoms with Crippen LogP contribution in [0.5, 0.6) is 0 Å². The van der Waals surface area contributed by atoms with E-state index in [1.807, 2.05) is 13.0 Å². The molecule has 4 heteroatoms. The van der Waals surface area contributed by atoms with Crippen LogP contribution in [0.3, 0.4) is 0 Å². The normalized spacial score (nSPS) is 22.6. The van der Waals surface area contributed by atoms with E-state index in [9.17, 15) is 4.79 Å². The number of hydrogen-bond acceptors (Lipinski definition) is 3. The van der Waals surface area contributed by atoms with Gasteiger partial charge in [-0.25, -0.2) is 0 Å². The summed E-state index contributed by atoms with van der Waals surface area (Å²) in [7, 11) is 0. The van der Waals surface area contributed by atoms with E-state index in [4.69, 9.17) is 4.74 Å². The maximum Gasteiger partial charge on any atom is 0.254 e. The molecule has 0 bridgehead atoms. The number of likely N-dealkylation sites (tertiary alicyclic amines) is 1. The number of hydrogen-bond donors (Lipinski definition) is 0. The molecule has 2 aliphatic rings. The van der Waals surface area contributed by atoms with Gasteiger partial charge < -0.3 is 9.64 Å². The maximum absolute atomic E-state index is 13.1. The molecule has 0 N–H and O–H groups in total. The van der Waals surface area contributed by atoms with Crippen LogP contribution < -0.4 is 0 Å². The number of morpholine rings is 1. The van der Waals surface area contributed by atoms with Crippen molar-refractivity contribution >= 4 is 5.91 Å². The first-order chi connectivity index (χ1) is 11.6. The third-order valence-electron chi connectivity index (χ3n) is 5.39. The molecule has 1 amide bonds. The number of rotatable bonds is 4. The Kier molecular flexibility index (Phi) is 5.90. The number of carbonyl (C=O) groups is 1. The predicted octanol–water partition coefficient (Wildman–Crippen LogP) is 3.02. The minimum absolute atomic E-state index is 0.225. The van der Waals surface area contributed by atoms with E-state index in [-0.39, 0.29) is 5.91 Å². The summed E-state index contributed by atoms with van der Waals surface area (Å²) in [6.07, 6.45) is 4.59. The van der Waals surface area contributed by atoms with E-state index < -0.39 is 0 Å². The smallest absolute Gasteiger partial charge is 0.254 e. The molecule has 132 valence electrons. The minimum Gasteiger partial charge on any atom is -0.379 e. The monoisotopic (exact) mass is 330 g/mol. The maximum atomic E-state index is 13.1. The summed E-state index contributed by atoms with van der Waals surface area (Å²) in [6.45, 7) is 9.81. The molecule has 2 fully saturated rings. The van der Waals surface area contributed by atoms with Crippen LogP contribution in [0, 0.1) is 13.8 Å². The summed E-state index contributed by atoms with van der Waals surface area (Å²) in [5.74, 6) is 0.225. The second-order valence-corrected chi connectivity index (χ2v) is 7.21. The summed E-state index contributed by atoms with van der Waals surface area (Å²) in [6, 6.07) is 6.58. The molecule has 0 saturated carbocycles. The number of piperidine rings is 1. The second kappa shape index (κ2) is 8.13. The standard InChI is InChI=1S/C20H30N2O2/c1-16-6-7-17(2)19(15-16)20(23)22-9-4-3-5-18(22)8-10-21-11-13-24-14-12-21/h6-7,15,18H,3-5,8-14H2,1-2H3. The van der Waals surface area contributed by atoms with Gasteiger partial charge in [0.15, 0.2) is 0 Å². The number of aryl methyl sites for hydroxylation is 2. The third kappa shape index (κ3) is 4.17. The van der Waals surface area contributed by atoms with Crippen molar-refractivity contribution in [1.82, 2.24) is 9.80 Å². The van der Waals surface area contributed by atoms with Gasteiger partial charge in [0.25, 0.3) is 5.91 Å². The lowest BCUT2D eigenvalue weighted by molar-refractivity contribution is 0.0295. The van der Waals surface area contributed by atoms with Crippen molar-refractivity contribution in [1.29, 1.82) is 0 Å². The Labute approximate surface area is 145 Å². The quantitative estimate of drug-likeness (QED) is 0.851. The summed E-state index contributed by atoms with van der Waals surface area (Å²) in [5.41, 5.74) is 3.13. The van der Waals surface area contributed by atoms with Crippen LogP contribution in [0.2, 0.25) is 0 Å². The van der Waals surface area contributed by atoms with Gasteiger partial charge in [0, 0.05) is 37.8 Å². The molecule has 2 aliphatic heterocycles. The number of benzene rings is 1. The fourth-order valence-electron chi connectivity index (χ4n) is 3.85. The number of nitrogens with zero attached hydrogens (tertiary/aromatic N) is 2. The fraction of sp³-hybridized carbons (Fsp3) is 0.650. The van der Waals surface area contributed by atoms with Gasteiger partial charge in [0.05, 0.1) is 13.2 Å². The zero-order valence-corrected chi connectivity index (χ0v) is 15.1. The van der Waals surface area contributed by atoms with E-state index in [2.05, 4.69) is 28.9 Å². The number of ether oxygens (including phenoxy) is 1. The van der Waals surface area contributed by atoms with Crippen LogP contribution in [-0.4, -0.2) is 61.1 Å². The highest BCUT2D eigenvalue weighted by molar-refractivity contribution is 5.96. The molecule has 0 aliphatic carbocycles. The van der Waals surface area contributed by atoms with E-state index >= 15 is 0 Å². The van der Waals surface area contributed by atoms with Crippen molar-refractivity contribution in [3.8, 4) is 0 Å². The Bertz CT molecular complexity index is 567. The summed E-state index contributed by atoms with van der Waals surface area (Å²) >= 11 is 0. The van der Waals surface area contributed by atoms with Crippen LogP contribution in [0.1, 0.15) is 47.2 Å². The molecule has 24 heavy (non-hydrogen) atoms. The Balaban J connectivity index is 1.66. The molecule has 2 saturated heterocycles. The SMILES string of the molecule is Cc1ccc(C)c(C(=O)N2CCCCC2CCN2CCOCC2)c1. The summed E-state index contributed by atoms with van der Waals surface area (Å²) in [4.78, 5) is 17.7. The highest BCUT2D eigenvalue weighted by Gasteiger charge is 2.28. The fourth-order valence-corrected chi connectivity index (χ4v) is 3.85. The average molecular weight is 330 g/mol. The van der Waals surface area contributed by atoms with E-state index in [0.29, 0.717) is 6.04 Å². The molecule has 0 aromatic heterocycles. The van der Waals surface area contributed by atoms with Gasteiger partial charge in [-0.1, -0.05) is 17.7 Å². The minimum atomic E-state index is 0.225. The second-order valence-electron chi connectivity index (χ2n) is 7.21. The van der Waals surface area contributed by atoms with Crippen molar-refractivity contribution < 1.29 is 9.53 Å². The van der Waals surface area contributed by atoms with Gasteiger partial charge in [-0.2, -0.15) is 0 Å². The molecule has 1 atom stereocenters. The first kappa shape index (κ1) is 17.4. The Hall–Kier alpha value is -1.39. The van der Waals surface area contributed by atoms with Gasteiger partial charge in [0.1, 0.15) is 0 Å². The molecular weight excluding hydrogens is 300 g/mol. The molecule has 0 spiro atoms. The first-order valence-corrected chi connectivity index (χ1v) is 9.33. The van der Waals surface area contributed by atoms with Crippen LogP contribution >= 0.6 is 0 Å². The Morgan fingerprint density at radius 3 is 2.75 bits per heavy atom. The molecule has 3 rings (SSSR count). The number of carbonyl (C=O) groups excluding carboxylic acids is 1. The summed E-state index contributed by atoms with van der Waals surface area (Å²) < 4.78 is 5.43. The molecular formula is C20H30N2O2. The molecule has 0 radical (unpaired) electrons. The highest BCUT2D eigenvalue weighted by Crippen LogP contribution is 2.24. The van der Waals surface area contributed by atoms with Crippen molar-refractivity contribution in [3.63, 3.8) is 0 Å². The third-order valence-corrected chi connectivity index (χ3v) is 5.39. The Morgan fingerprint density at radius 2 is 1.96 bits per heavy atom. The van der Waals surface area contributed by atoms with Gasteiger partial charge in [0.2, 0.25) is 0 Å². The number of amides is 1. The highest BCUT2D eigenvalue weighted by atomic mass is 16.5. The molecule has 4 nitrogen and oxygen atoms in total. The van der Waals surface area contributed by atoms with Gasteiger partial charge in [-0.15, -0.1) is 0 Å². The largest absolute Gasteiger partial charge is 0.379 e. The zero-order valence-electron chi connectivity index (χ0n) is 15.1. The van der Waals surface area contributed by atoms with Crippen molar-refractivity contribution in [3.05, 3.63) is 34.9 Å². The molecule has 1 unspecified atom stereocenters. The lowest BCUT2D eigenvalue weighted by Crippen LogP contribution is -2.46. The Morgan fingerprint density at radius 1 is 1.17 bits per heavy atom. The predicted molar refractivity (Wildman–Crippen MR) is 96.5 cm³/mol. The van der Waals surface area contributed by atoms with E-state index in [1.54, 1.807) is 0 Å². The average Bonchev–Trinajstić information content (AvgIpc) is 2.62. The van der Waals surface area contributed by atoms with Crippen LogP contribution in [0.4, 0.5) is 0 Å². The molecule has 1 aromatic carbocycles. The lowest BCUT2D eigenvalue weighted by atomic mass is 9.96. The van der Waals surface area contributed by atoms with Gasteiger partial charge >= 0.3 is 0 Å². The van der Waals surface area contributed by atoms with Gasteiger partial charge in [-0.05, 0) is 51.2 Å². The van der Waals surface area contributed by atoms with E-state index in [0.717, 1.165) is 75.3 Å². The lowest BCUT2D eigenvalue weighted by Gasteiger charge is -2.38. The van der Waals surface area contributed by atoms with E-state index in [1.165, 1.54) is 6.42 Å². The van der Waals surface area contributed by atoms with Crippen LogP contribution in [0.25, 0.3) is 0 Å². The summed E-state index contributed by atoms with van der Waals surface area (Å²) in [5, 5.41) is 0. The molecule has 1 aromatic rings. The molecule has 2 heterocycles. The van der Waals surface area contributed by atoms with Gasteiger partial charge in [-0.3, -0.25) is 9.69 Å². The van der Waals surface area contributed by atoms with Crippen molar-refractivity contribution in [2.75, 3.05) is 39.4 Å². The topological polar surface area (TPSA) is 32.8 Å². The van der Waals surface area contributed by atoms with Crippen LogP contribution in [-0.2, 0) is 4.74 Å². The van der Waals surface area contributed by atoms with Crippen molar-refractivity contribution in [2.24, 2.45) is 0 Å². The van der Waals surface area contributed by atoms with Crippen LogP contribution in [0.15, 0.2) is 18.2 Å². The zero-order chi connectivity index (χ0) is 16.9.